The van der Waals surface area contributed by atoms with E-state index in [0.29, 0.717) is 18.1 Å². The van der Waals surface area contributed by atoms with E-state index in [0.717, 1.165) is 19.6 Å². The van der Waals surface area contributed by atoms with E-state index < -0.39 is 0 Å². The Balaban J connectivity index is 1.85. The summed E-state index contributed by atoms with van der Waals surface area (Å²) in [5.41, 5.74) is 5.78. The lowest BCUT2D eigenvalue weighted by Crippen LogP contribution is -2.35. The molecule has 6 heteroatoms. The molecule has 2 N–H and O–H groups in total. The van der Waals surface area contributed by atoms with Crippen LogP contribution in [0.3, 0.4) is 0 Å². The van der Waals surface area contributed by atoms with Gasteiger partial charge < -0.3 is 15.5 Å². The first-order chi connectivity index (χ1) is 8.66. The largest absolute Gasteiger partial charge is 0.382 e. The average molecular weight is 249 g/mol. The van der Waals surface area contributed by atoms with Gasteiger partial charge in [0.05, 0.1) is 0 Å². The van der Waals surface area contributed by atoms with Crippen LogP contribution in [0.25, 0.3) is 0 Å². The van der Waals surface area contributed by atoms with Gasteiger partial charge in [0.15, 0.2) is 5.69 Å². The molecule has 0 spiro atoms. The predicted octanol–water partition coefficient (Wildman–Crippen LogP) is 0.227. The van der Waals surface area contributed by atoms with Crippen LogP contribution in [0.15, 0.2) is 12.1 Å². The number of nitrogens with zero attached hydrogens (tertiary/aromatic N) is 4. The maximum atomic E-state index is 12.0. The van der Waals surface area contributed by atoms with Crippen molar-refractivity contribution in [2.24, 2.45) is 0 Å². The zero-order chi connectivity index (χ0) is 13.0. The molecule has 2 rings (SSSR count). The molecule has 1 aromatic rings. The van der Waals surface area contributed by atoms with Gasteiger partial charge in [0.2, 0.25) is 0 Å². The molecule has 0 unspecified atom stereocenters. The average Bonchev–Trinajstić information content (AvgIpc) is 2.89. The van der Waals surface area contributed by atoms with Crippen molar-refractivity contribution in [3.05, 3.63) is 17.8 Å². The number of nitrogens with two attached hydrogens (primary N) is 1. The van der Waals surface area contributed by atoms with E-state index in [2.05, 4.69) is 15.1 Å². The number of carbonyl (C=O) groups excluding carboxylic acids is 1. The van der Waals surface area contributed by atoms with Gasteiger partial charge in [-0.1, -0.05) is 0 Å². The van der Waals surface area contributed by atoms with E-state index in [1.807, 2.05) is 0 Å². The summed E-state index contributed by atoms with van der Waals surface area (Å²) in [6.07, 6.45) is 2.53. The van der Waals surface area contributed by atoms with E-state index in [-0.39, 0.29) is 5.91 Å². The Labute approximate surface area is 107 Å². The highest BCUT2D eigenvalue weighted by atomic mass is 16.2. The lowest BCUT2D eigenvalue weighted by Gasteiger charge is -2.21. The maximum Gasteiger partial charge on any atom is 0.274 e. The number of amides is 1. The van der Waals surface area contributed by atoms with E-state index >= 15 is 0 Å². The molecular formula is C12H19N5O. The van der Waals surface area contributed by atoms with Gasteiger partial charge in [0, 0.05) is 20.1 Å². The minimum atomic E-state index is -0.110. The predicted molar refractivity (Wildman–Crippen MR) is 69.1 cm³/mol. The SMILES string of the molecule is CN(CCN1CCCC1)C(=O)c1ccc(N)nn1. The van der Waals surface area contributed by atoms with Crippen LogP contribution in [0.2, 0.25) is 0 Å². The second kappa shape index (κ2) is 5.77. The van der Waals surface area contributed by atoms with E-state index in [4.69, 9.17) is 5.73 Å². The molecule has 1 aliphatic heterocycles. The van der Waals surface area contributed by atoms with Crippen molar-refractivity contribution in [3.63, 3.8) is 0 Å². The molecule has 1 amide bonds. The zero-order valence-electron chi connectivity index (χ0n) is 10.7. The summed E-state index contributed by atoms with van der Waals surface area (Å²) in [5.74, 6) is 0.216. The number of anilines is 1. The number of aromatic nitrogens is 2. The normalized spacial score (nSPS) is 15.8. The van der Waals surface area contributed by atoms with Crippen LogP contribution >= 0.6 is 0 Å². The quantitative estimate of drug-likeness (QED) is 0.826. The third-order valence-electron chi connectivity index (χ3n) is 3.20. The molecule has 0 atom stereocenters. The molecule has 0 radical (unpaired) electrons. The van der Waals surface area contributed by atoms with Gasteiger partial charge in [-0.25, -0.2) is 0 Å². The van der Waals surface area contributed by atoms with Gasteiger partial charge in [-0.2, -0.15) is 0 Å². The van der Waals surface area contributed by atoms with Crippen LogP contribution in [0.1, 0.15) is 23.3 Å². The van der Waals surface area contributed by atoms with Crippen molar-refractivity contribution in [2.45, 2.75) is 12.8 Å². The van der Waals surface area contributed by atoms with Gasteiger partial charge in [-0.05, 0) is 38.1 Å². The molecule has 1 saturated heterocycles. The van der Waals surface area contributed by atoms with Crippen molar-refractivity contribution in [3.8, 4) is 0 Å². The second-order valence-electron chi connectivity index (χ2n) is 4.62. The van der Waals surface area contributed by atoms with Crippen molar-refractivity contribution in [1.29, 1.82) is 0 Å². The minimum absolute atomic E-state index is 0.110. The van der Waals surface area contributed by atoms with Crippen molar-refractivity contribution in [2.75, 3.05) is 39.0 Å². The lowest BCUT2D eigenvalue weighted by atomic mass is 10.3. The van der Waals surface area contributed by atoms with Gasteiger partial charge in [0.25, 0.3) is 5.91 Å². The van der Waals surface area contributed by atoms with Gasteiger partial charge in [-0.15, -0.1) is 10.2 Å². The fraction of sp³-hybridized carbons (Fsp3) is 0.583. The number of likely N-dealkylation sites (N-methyl/N-ethyl adjacent to an activating group) is 1. The number of hydrogen-bond acceptors (Lipinski definition) is 5. The number of carbonyl (C=O) groups is 1. The second-order valence-corrected chi connectivity index (χ2v) is 4.62. The van der Waals surface area contributed by atoms with Crippen molar-refractivity contribution >= 4 is 11.7 Å². The van der Waals surface area contributed by atoms with Crippen LogP contribution in [0.5, 0.6) is 0 Å². The summed E-state index contributed by atoms with van der Waals surface area (Å²) in [5, 5.41) is 7.49. The fourth-order valence-corrected chi connectivity index (χ4v) is 2.05. The Morgan fingerprint density at radius 2 is 2.11 bits per heavy atom. The summed E-state index contributed by atoms with van der Waals surface area (Å²) < 4.78 is 0. The first-order valence-electron chi connectivity index (χ1n) is 6.24. The van der Waals surface area contributed by atoms with Gasteiger partial charge >= 0.3 is 0 Å². The monoisotopic (exact) mass is 249 g/mol. The molecule has 0 bridgehead atoms. The molecular weight excluding hydrogens is 230 g/mol. The number of nitrogen functional groups attached to an aromatic ring is 1. The Hall–Kier alpha value is -1.69. The highest BCUT2D eigenvalue weighted by Gasteiger charge is 2.16. The van der Waals surface area contributed by atoms with Gasteiger partial charge in [-0.3, -0.25) is 4.79 Å². The highest BCUT2D eigenvalue weighted by Crippen LogP contribution is 2.07. The van der Waals surface area contributed by atoms with E-state index in [1.165, 1.54) is 12.8 Å². The van der Waals surface area contributed by atoms with Crippen molar-refractivity contribution < 1.29 is 4.79 Å². The summed E-state index contributed by atoms with van der Waals surface area (Å²) in [6, 6.07) is 3.20. The summed E-state index contributed by atoms with van der Waals surface area (Å²) >= 11 is 0. The molecule has 1 aromatic heterocycles. The Bertz CT molecular complexity index is 399. The van der Waals surface area contributed by atoms with E-state index in [9.17, 15) is 4.79 Å². The van der Waals surface area contributed by atoms with Crippen LogP contribution in [-0.4, -0.2) is 59.1 Å². The van der Waals surface area contributed by atoms with Crippen LogP contribution in [-0.2, 0) is 0 Å². The Kier molecular flexibility index (Phi) is 4.09. The summed E-state index contributed by atoms with van der Waals surface area (Å²) in [7, 11) is 1.79. The fourth-order valence-electron chi connectivity index (χ4n) is 2.05. The molecule has 0 aromatic carbocycles. The van der Waals surface area contributed by atoms with Crippen LogP contribution < -0.4 is 5.73 Å². The summed E-state index contributed by atoms with van der Waals surface area (Å²) in [6.45, 7) is 3.92. The Morgan fingerprint density at radius 3 is 2.72 bits per heavy atom. The molecule has 1 fully saturated rings. The third-order valence-corrected chi connectivity index (χ3v) is 3.20. The molecule has 0 saturated carbocycles. The molecule has 98 valence electrons. The molecule has 2 heterocycles. The topological polar surface area (TPSA) is 75.3 Å². The van der Waals surface area contributed by atoms with Crippen molar-refractivity contribution in [1.82, 2.24) is 20.0 Å². The first-order valence-corrected chi connectivity index (χ1v) is 6.24. The molecule has 0 aliphatic carbocycles. The Morgan fingerprint density at radius 1 is 1.39 bits per heavy atom. The zero-order valence-corrected chi connectivity index (χ0v) is 10.7. The van der Waals surface area contributed by atoms with Crippen LogP contribution in [0, 0.1) is 0 Å². The molecule has 6 nitrogen and oxygen atoms in total. The van der Waals surface area contributed by atoms with E-state index in [1.54, 1.807) is 24.1 Å². The highest BCUT2D eigenvalue weighted by molar-refractivity contribution is 5.92. The standard InChI is InChI=1S/C12H19N5O/c1-16(8-9-17-6-2-3-7-17)12(18)10-4-5-11(13)15-14-10/h4-5H,2-3,6-9H2,1H3,(H2,13,15). The number of rotatable bonds is 4. The lowest BCUT2D eigenvalue weighted by molar-refractivity contribution is 0.0775. The third kappa shape index (κ3) is 3.16. The van der Waals surface area contributed by atoms with Gasteiger partial charge in [0.1, 0.15) is 5.82 Å². The first kappa shape index (κ1) is 12.8. The van der Waals surface area contributed by atoms with Crippen LogP contribution in [0.4, 0.5) is 5.82 Å². The maximum absolute atomic E-state index is 12.0. The smallest absolute Gasteiger partial charge is 0.274 e. The summed E-state index contributed by atoms with van der Waals surface area (Å²) in [4.78, 5) is 16.1. The molecule has 1 aliphatic rings. The number of likely N-dealkylation sites (tertiary alicyclic amines) is 1. The molecule has 18 heavy (non-hydrogen) atoms. The number of hydrogen-bond donors (Lipinski definition) is 1. The minimum Gasteiger partial charge on any atom is -0.382 e.